The number of aryl methyl sites for hydroxylation is 2. The monoisotopic (exact) mass is 279 g/mol. The Balaban J connectivity index is 2.40. The van der Waals surface area contributed by atoms with Gasteiger partial charge in [0.1, 0.15) is 5.82 Å². The van der Waals surface area contributed by atoms with Gasteiger partial charge >= 0.3 is 0 Å². The second-order valence-corrected chi connectivity index (χ2v) is 6.14. The van der Waals surface area contributed by atoms with E-state index in [4.69, 9.17) is 10.5 Å². The summed E-state index contributed by atoms with van der Waals surface area (Å²) in [6.07, 6.45) is 6.47. The molecule has 112 valence electrons. The molecule has 1 aromatic carbocycles. The lowest BCUT2D eigenvalue weighted by molar-refractivity contribution is -0.0451. The van der Waals surface area contributed by atoms with E-state index < -0.39 is 11.6 Å². The van der Waals surface area contributed by atoms with Crippen molar-refractivity contribution in [1.29, 1.82) is 0 Å². The molecule has 0 radical (unpaired) electrons. The van der Waals surface area contributed by atoms with Crippen LogP contribution >= 0.6 is 0 Å². The van der Waals surface area contributed by atoms with Gasteiger partial charge in [0.05, 0.1) is 11.6 Å². The quantitative estimate of drug-likeness (QED) is 0.842. The summed E-state index contributed by atoms with van der Waals surface area (Å²) in [4.78, 5) is 0. The third-order valence-electron chi connectivity index (χ3n) is 4.71. The van der Waals surface area contributed by atoms with E-state index in [9.17, 15) is 4.39 Å². The summed E-state index contributed by atoms with van der Waals surface area (Å²) in [5, 5.41) is 0. The molecule has 0 bridgehead atoms. The SMILES string of the molecule is COC1(C(N)c2c(C)cc(C)cc2F)CCCCCC1. The van der Waals surface area contributed by atoms with E-state index in [1.807, 2.05) is 19.9 Å². The first-order valence-electron chi connectivity index (χ1n) is 7.57. The Morgan fingerprint density at radius 2 is 1.75 bits per heavy atom. The highest BCUT2D eigenvalue weighted by atomic mass is 19.1. The molecule has 0 spiro atoms. The van der Waals surface area contributed by atoms with Crippen LogP contribution in [-0.2, 0) is 4.74 Å². The van der Waals surface area contributed by atoms with Crippen molar-refractivity contribution in [3.63, 3.8) is 0 Å². The second kappa shape index (κ2) is 6.23. The molecule has 2 N–H and O–H groups in total. The summed E-state index contributed by atoms with van der Waals surface area (Å²) in [6, 6.07) is 3.17. The summed E-state index contributed by atoms with van der Waals surface area (Å²) < 4.78 is 20.2. The topological polar surface area (TPSA) is 35.2 Å². The highest BCUT2D eigenvalue weighted by Crippen LogP contribution is 2.40. The second-order valence-electron chi connectivity index (χ2n) is 6.14. The standard InChI is InChI=1S/C17H26FNO/c1-12-10-13(2)15(14(18)11-12)16(19)17(20-3)8-6-4-5-7-9-17/h10-11,16H,4-9,19H2,1-3H3. The average molecular weight is 279 g/mol. The van der Waals surface area contributed by atoms with Crippen LogP contribution in [0.15, 0.2) is 12.1 Å². The van der Waals surface area contributed by atoms with Crippen molar-refractivity contribution in [1.82, 2.24) is 0 Å². The molecule has 1 saturated carbocycles. The zero-order chi connectivity index (χ0) is 14.8. The Labute approximate surface area is 121 Å². The van der Waals surface area contributed by atoms with Gasteiger partial charge in [-0.3, -0.25) is 0 Å². The molecule has 2 nitrogen and oxygen atoms in total. The summed E-state index contributed by atoms with van der Waals surface area (Å²) in [6.45, 7) is 3.84. The predicted molar refractivity (Wildman–Crippen MR) is 80.2 cm³/mol. The minimum absolute atomic E-state index is 0.198. The van der Waals surface area contributed by atoms with Crippen LogP contribution < -0.4 is 5.73 Å². The van der Waals surface area contributed by atoms with Crippen molar-refractivity contribution in [2.75, 3.05) is 7.11 Å². The number of halogens is 1. The van der Waals surface area contributed by atoms with Crippen LogP contribution in [0.25, 0.3) is 0 Å². The van der Waals surface area contributed by atoms with Crippen LogP contribution in [-0.4, -0.2) is 12.7 Å². The number of methoxy groups -OCH3 is 1. The van der Waals surface area contributed by atoms with Crippen LogP contribution in [0.2, 0.25) is 0 Å². The number of nitrogens with two attached hydrogens (primary N) is 1. The average Bonchev–Trinajstić information content (AvgIpc) is 2.63. The Morgan fingerprint density at radius 1 is 1.15 bits per heavy atom. The molecule has 0 amide bonds. The fraction of sp³-hybridized carbons (Fsp3) is 0.647. The van der Waals surface area contributed by atoms with Crippen molar-refractivity contribution in [2.45, 2.75) is 64.0 Å². The molecular formula is C17H26FNO. The van der Waals surface area contributed by atoms with Crippen LogP contribution in [0.1, 0.15) is 61.3 Å². The van der Waals surface area contributed by atoms with E-state index in [0.717, 1.165) is 36.8 Å². The molecule has 1 aromatic rings. The normalized spacial score (nSPS) is 20.4. The molecule has 0 saturated heterocycles. The molecule has 1 atom stereocenters. The van der Waals surface area contributed by atoms with Gasteiger partial charge in [0.25, 0.3) is 0 Å². The Hall–Kier alpha value is -0.930. The molecule has 2 rings (SSSR count). The van der Waals surface area contributed by atoms with Crippen LogP contribution in [0, 0.1) is 19.7 Å². The van der Waals surface area contributed by atoms with Gasteiger partial charge in [-0.25, -0.2) is 4.39 Å². The lowest BCUT2D eigenvalue weighted by Crippen LogP contribution is -2.43. The molecule has 1 aliphatic carbocycles. The van der Waals surface area contributed by atoms with E-state index in [2.05, 4.69) is 0 Å². The van der Waals surface area contributed by atoms with E-state index in [0.29, 0.717) is 5.56 Å². The number of ether oxygens (including phenoxy) is 1. The van der Waals surface area contributed by atoms with Crippen molar-refractivity contribution in [3.8, 4) is 0 Å². The Bertz CT molecular complexity index is 441. The van der Waals surface area contributed by atoms with Gasteiger partial charge in [-0.15, -0.1) is 0 Å². The maximum absolute atomic E-state index is 14.4. The van der Waals surface area contributed by atoms with Gasteiger partial charge < -0.3 is 10.5 Å². The van der Waals surface area contributed by atoms with Crippen molar-refractivity contribution in [2.24, 2.45) is 5.73 Å². The van der Waals surface area contributed by atoms with Gasteiger partial charge in [-0.2, -0.15) is 0 Å². The van der Waals surface area contributed by atoms with Gasteiger partial charge in [-0.1, -0.05) is 31.7 Å². The van der Waals surface area contributed by atoms with Gasteiger partial charge in [0.2, 0.25) is 0 Å². The van der Waals surface area contributed by atoms with E-state index in [1.165, 1.54) is 12.8 Å². The van der Waals surface area contributed by atoms with Crippen molar-refractivity contribution >= 4 is 0 Å². The van der Waals surface area contributed by atoms with E-state index in [1.54, 1.807) is 13.2 Å². The number of hydrogen-bond acceptors (Lipinski definition) is 2. The molecule has 1 fully saturated rings. The van der Waals surface area contributed by atoms with Crippen LogP contribution in [0.5, 0.6) is 0 Å². The Morgan fingerprint density at radius 3 is 2.25 bits per heavy atom. The van der Waals surface area contributed by atoms with Crippen LogP contribution in [0.4, 0.5) is 4.39 Å². The van der Waals surface area contributed by atoms with Gasteiger partial charge in [0.15, 0.2) is 0 Å². The molecule has 20 heavy (non-hydrogen) atoms. The summed E-state index contributed by atoms with van der Waals surface area (Å²) in [5.41, 5.74) is 8.54. The zero-order valence-electron chi connectivity index (χ0n) is 12.8. The molecule has 0 heterocycles. The smallest absolute Gasteiger partial charge is 0.128 e. The lowest BCUT2D eigenvalue weighted by atomic mass is 9.81. The highest BCUT2D eigenvalue weighted by Gasteiger charge is 2.39. The zero-order valence-corrected chi connectivity index (χ0v) is 12.8. The lowest BCUT2D eigenvalue weighted by Gasteiger charge is -2.38. The summed E-state index contributed by atoms with van der Waals surface area (Å²) in [5.74, 6) is -0.198. The van der Waals surface area contributed by atoms with Gasteiger partial charge in [-0.05, 0) is 43.9 Å². The minimum Gasteiger partial charge on any atom is -0.376 e. The van der Waals surface area contributed by atoms with Crippen LogP contribution in [0.3, 0.4) is 0 Å². The summed E-state index contributed by atoms with van der Waals surface area (Å²) >= 11 is 0. The first kappa shape index (κ1) is 15.5. The summed E-state index contributed by atoms with van der Waals surface area (Å²) in [7, 11) is 1.71. The first-order valence-corrected chi connectivity index (χ1v) is 7.57. The maximum atomic E-state index is 14.4. The fourth-order valence-electron chi connectivity index (χ4n) is 3.55. The molecule has 1 unspecified atom stereocenters. The third kappa shape index (κ3) is 2.89. The molecule has 3 heteroatoms. The largest absolute Gasteiger partial charge is 0.376 e. The molecule has 1 aliphatic rings. The van der Waals surface area contributed by atoms with Crippen molar-refractivity contribution in [3.05, 3.63) is 34.6 Å². The molecular weight excluding hydrogens is 253 g/mol. The molecule has 0 aromatic heterocycles. The van der Waals surface area contributed by atoms with Crippen molar-refractivity contribution < 1.29 is 9.13 Å². The third-order valence-corrected chi connectivity index (χ3v) is 4.71. The number of benzene rings is 1. The first-order chi connectivity index (χ1) is 9.50. The predicted octanol–water partition coefficient (Wildman–Crippen LogP) is 4.18. The van der Waals surface area contributed by atoms with E-state index >= 15 is 0 Å². The van der Waals surface area contributed by atoms with E-state index in [-0.39, 0.29) is 5.82 Å². The Kier molecular flexibility index (Phi) is 4.82. The number of rotatable bonds is 3. The highest BCUT2D eigenvalue weighted by molar-refractivity contribution is 5.36. The maximum Gasteiger partial charge on any atom is 0.128 e. The minimum atomic E-state index is -0.419. The fourth-order valence-corrected chi connectivity index (χ4v) is 3.55. The number of hydrogen-bond donors (Lipinski definition) is 1. The molecule has 0 aliphatic heterocycles. The van der Waals surface area contributed by atoms with Gasteiger partial charge in [0, 0.05) is 12.7 Å².